The summed E-state index contributed by atoms with van der Waals surface area (Å²) < 4.78 is 27.7. The Hall–Kier alpha value is -2.23. The van der Waals surface area contributed by atoms with Crippen LogP contribution in [0.3, 0.4) is 0 Å². The molecule has 3 heterocycles. The lowest BCUT2D eigenvalue weighted by molar-refractivity contribution is -0.119. The van der Waals surface area contributed by atoms with Gasteiger partial charge < -0.3 is 10.2 Å². The van der Waals surface area contributed by atoms with Gasteiger partial charge in [-0.25, -0.2) is 8.42 Å². The fourth-order valence-corrected chi connectivity index (χ4v) is 7.07. The van der Waals surface area contributed by atoms with Crippen molar-refractivity contribution in [3.05, 3.63) is 46.7 Å². The topological polar surface area (TPSA) is 86.8 Å². The molecule has 9 heteroatoms. The number of hydrogen-bond donors (Lipinski definition) is 1. The maximum absolute atomic E-state index is 13.0. The van der Waals surface area contributed by atoms with Crippen molar-refractivity contribution in [2.45, 2.75) is 44.0 Å². The summed E-state index contributed by atoms with van der Waals surface area (Å²) in [6.07, 6.45) is 2.42. The number of likely N-dealkylation sites (tertiary alicyclic amines) is 1. The predicted molar refractivity (Wildman–Crippen MR) is 125 cm³/mol. The summed E-state index contributed by atoms with van der Waals surface area (Å²) in [6, 6.07) is 9.37. The van der Waals surface area contributed by atoms with E-state index in [-0.39, 0.29) is 16.7 Å². The molecule has 1 aromatic heterocycles. The molecule has 1 N–H and O–H groups in total. The highest BCUT2D eigenvalue weighted by molar-refractivity contribution is 7.89. The maximum Gasteiger partial charge on any atom is 0.264 e. The zero-order valence-corrected chi connectivity index (χ0v) is 20.0. The van der Waals surface area contributed by atoms with E-state index in [1.807, 2.05) is 11.4 Å². The molecule has 2 unspecified atom stereocenters. The first-order valence-electron chi connectivity index (χ1n) is 11.0. The number of carbonyl (C=O) groups excluding carboxylic acids is 2. The summed E-state index contributed by atoms with van der Waals surface area (Å²) in [5.41, 5.74) is 0.518. The number of thiophene rings is 1. The summed E-state index contributed by atoms with van der Waals surface area (Å²) in [5.74, 6) is 0.294. The van der Waals surface area contributed by atoms with Crippen LogP contribution in [0.1, 0.15) is 42.8 Å². The molecule has 2 saturated heterocycles. The predicted octanol–water partition coefficient (Wildman–Crippen LogP) is 3.66. The van der Waals surface area contributed by atoms with Gasteiger partial charge in [-0.2, -0.15) is 4.31 Å². The van der Waals surface area contributed by atoms with Crippen molar-refractivity contribution in [3.63, 3.8) is 0 Å². The van der Waals surface area contributed by atoms with Gasteiger partial charge in [-0.1, -0.05) is 19.9 Å². The fraction of sp³-hybridized carbons (Fsp3) is 0.478. The quantitative estimate of drug-likeness (QED) is 0.715. The van der Waals surface area contributed by atoms with Crippen LogP contribution in [0.4, 0.5) is 5.69 Å². The van der Waals surface area contributed by atoms with Crippen molar-refractivity contribution in [2.75, 3.05) is 25.0 Å². The first-order valence-corrected chi connectivity index (χ1v) is 13.3. The molecule has 0 aliphatic carbocycles. The molecule has 0 spiro atoms. The van der Waals surface area contributed by atoms with Crippen LogP contribution in [0.25, 0.3) is 0 Å². The van der Waals surface area contributed by atoms with Gasteiger partial charge in [-0.3, -0.25) is 9.59 Å². The molecular formula is C23H29N3O4S2. The van der Waals surface area contributed by atoms with Crippen LogP contribution >= 0.6 is 11.3 Å². The minimum atomic E-state index is -3.56. The number of rotatable bonds is 5. The first kappa shape index (κ1) is 22.9. The Morgan fingerprint density at radius 3 is 2.38 bits per heavy atom. The fourth-order valence-electron chi connectivity index (χ4n) is 4.71. The highest BCUT2D eigenvalue weighted by Gasteiger charge is 2.35. The number of hydrogen-bond acceptors (Lipinski definition) is 5. The summed E-state index contributed by atoms with van der Waals surface area (Å²) in [7, 11) is -3.56. The Kier molecular flexibility index (Phi) is 6.69. The summed E-state index contributed by atoms with van der Waals surface area (Å²) in [6.45, 7) is 5.76. The minimum Gasteiger partial charge on any atom is -0.326 e. The van der Waals surface area contributed by atoms with Crippen molar-refractivity contribution in [3.8, 4) is 0 Å². The minimum absolute atomic E-state index is 0.121. The van der Waals surface area contributed by atoms with Gasteiger partial charge in [0.1, 0.15) is 6.04 Å². The molecule has 0 radical (unpaired) electrons. The smallest absolute Gasteiger partial charge is 0.264 e. The molecule has 2 amide bonds. The number of sulfonamides is 1. The summed E-state index contributed by atoms with van der Waals surface area (Å²) in [5, 5.41) is 4.69. The lowest BCUT2D eigenvalue weighted by Gasteiger charge is -2.34. The van der Waals surface area contributed by atoms with E-state index < -0.39 is 16.1 Å². The van der Waals surface area contributed by atoms with Gasteiger partial charge in [0.25, 0.3) is 5.91 Å². The van der Waals surface area contributed by atoms with Crippen molar-refractivity contribution in [1.82, 2.24) is 9.21 Å². The number of nitrogens with one attached hydrogen (secondary N) is 1. The molecule has 2 fully saturated rings. The number of piperidine rings is 1. The maximum atomic E-state index is 13.0. The Balaban J connectivity index is 1.43. The Labute approximate surface area is 193 Å². The van der Waals surface area contributed by atoms with E-state index in [9.17, 15) is 18.0 Å². The molecule has 0 saturated carbocycles. The van der Waals surface area contributed by atoms with Gasteiger partial charge in [0.2, 0.25) is 15.9 Å². The lowest BCUT2D eigenvalue weighted by Crippen LogP contribution is -2.43. The van der Waals surface area contributed by atoms with Gasteiger partial charge in [-0.05, 0) is 66.8 Å². The van der Waals surface area contributed by atoms with Crippen LogP contribution < -0.4 is 5.32 Å². The number of benzene rings is 1. The lowest BCUT2D eigenvalue weighted by atomic mass is 9.94. The molecule has 2 aliphatic heterocycles. The second-order valence-corrected chi connectivity index (χ2v) is 11.8. The van der Waals surface area contributed by atoms with Gasteiger partial charge >= 0.3 is 0 Å². The van der Waals surface area contributed by atoms with Crippen LogP contribution in [-0.4, -0.2) is 55.1 Å². The van der Waals surface area contributed by atoms with Crippen LogP contribution in [0, 0.1) is 11.8 Å². The normalized spacial score (nSPS) is 24.4. The van der Waals surface area contributed by atoms with E-state index in [1.54, 1.807) is 27.4 Å². The van der Waals surface area contributed by atoms with Crippen molar-refractivity contribution in [1.29, 1.82) is 0 Å². The third-order valence-corrected chi connectivity index (χ3v) is 8.85. The molecule has 3 atom stereocenters. The van der Waals surface area contributed by atoms with Crippen molar-refractivity contribution in [2.24, 2.45) is 11.8 Å². The van der Waals surface area contributed by atoms with E-state index in [0.29, 0.717) is 48.5 Å². The van der Waals surface area contributed by atoms with Gasteiger partial charge in [0.15, 0.2) is 0 Å². The van der Waals surface area contributed by atoms with Gasteiger partial charge in [-0.15, -0.1) is 11.3 Å². The molecule has 32 heavy (non-hydrogen) atoms. The van der Waals surface area contributed by atoms with E-state index in [1.165, 1.54) is 23.5 Å². The van der Waals surface area contributed by atoms with E-state index in [0.717, 1.165) is 12.8 Å². The Morgan fingerprint density at radius 1 is 1.06 bits per heavy atom. The second-order valence-electron chi connectivity index (χ2n) is 8.92. The molecule has 1 aromatic carbocycles. The molecule has 2 aromatic rings. The highest BCUT2D eigenvalue weighted by atomic mass is 32.2. The third kappa shape index (κ3) is 4.74. The number of amides is 2. The monoisotopic (exact) mass is 475 g/mol. The number of anilines is 1. The molecule has 172 valence electrons. The van der Waals surface area contributed by atoms with Crippen LogP contribution in [0.2, 0.25) is 0 Å². The average Bonchev–Trinajstić information content (AvgIpc) is 3.45. The first-order chi connectivity index (χ1) is 15.3. The van der Waals surface area contributed by atoms with Crippen LogP contribution in [0.15, 0.2) is 46.7 Å². The standard InChI is InChI=1S/C23H29N3O4S2/c1-16-13-17(2)15-25(14-16)32(29,30)19-9-7-18(8-10-19)24-22(27)20-5-3-11-26(20)23(28)21-6-4-12-31-21/h4,6-10,12,16-17,20H,3,5,11,13-15H2,1-2H3,(H,24,27)/t16?,17?,20-/m0/s1. The molecular weight excluding hydrogens is 446 g/mol. The molecule has 7 nitrogen and oxygen atoms in total. The van der Waals surface area contributed by atoms with E-state index in [4.69, 9.17) is 0 Å². The zero-order valence-electron chi connectivity index (χ0n) is 18.4. The molecule has 2 aliphatic rings. The summed E-state index contributed by atoms with van der Waals surface area (Å²) in [4.78, 5) is 28.1. The Bertz CT molecular complexity index is 1060. The van der Waals surface area contributed by atoms with Crippen LogP contribution in [-0.2, 0) is 14.8 Å². The molecule has 0 bridgehead atoms. The highest BCUT2D eigenvalue weighted by Crippen LogP contribution is 2.28. The average molecular weight is 476 g/mol. The zero-order chi connectivity index (χ0) is 22.9. The Morgan fingerprint density at radius 2 is 1.75 bits per heavy atom. The largest absolute Gasteiger partial charge is 0.326 e. The third-order valence-electron chi connectivity index (χ3n) is 6.14. The number of carbonyl (C=O) groups is 2. The molecule has 4 rings (SSSR count). The number of nitrogens with zero attached hydrogens (tertiary/aromatic N) is 2. The SMILES string of the molecule is CC1CC(C)CN(S(=O)(=O)c2ccc(NC(=O)[C@@H]3CCCN3C(=O)c3cccs3)cc2)C1. The second kappa shape index (κ2) is 9.33. The van der Waals surface area contributed by atoms with Crippen LogP contribution in [0.5, 0.6) is 0 Å². The van der Waals surface area contributed by atoms with E-state index in [2.05, 4.69) is 19.2 Å². The van der Waals surface area contributed by atoms with Crippen molar-refractivity contribution < 1.29 is 18.0 Å². The van der Waals surface area contributed by atoms with E-state index >= 15 is 0 Å². The summed E-state index contributed by atoms with van der Waals surface area (Å²) >= 11 is 1.37. The van der Waals surface area contributed by atoms with Gasteiger partial charge in [0, 0.05) is 25.3 Å². The van der Waals surface area contributed by atoms with Crippen molar-refractivity contribution >= 4 is 38.9 Å². The van der Waals surface area contributed by atoms with Gasteiger partial charge in [0.05, 0.1) is 9.77 Å².